The number of nitrogens with two attached hydrogens (primary N) is 1. The Labute approximate surface area is 118 Å². The number of hydrogen-bond donors (Lipinski definition) is 1. The quantitative estimate of drug-likeness (QED) is 0.837. The van der Waals surface area contributed by atoms with Gasteiger partial charge in [-0.05, 0) is 70.2 Å². The van der Waals surface area contributed by atoms with E-state index in [9.17, 15) is 0 Å². The molecule has 1 aromatic carbocycles. The SMILES string of the molecule is Cc1cc(C)c(C2C(N)CCN2C(C)(C)C)cc1C. The summed E-state index contributed by atoms with van der Waals surface area (Å²) in [5.41, 5.74) is 12.1. The Hall–Kier alpha value is -0.860. The van der Waals surface area contributed by atoms with E-state index >= 15 is 0 Å². The van der Waals surface area contributed by atoms with E-state index in [-0.39, 0.29) is 11.6 Å². The van der Waals surface area contributed by atoms with Crippen LogP contribution < -0.4 is 5.73 Å². The molecule has 0 aromatic heterocycles. The van der Waals surface area contributed by atoms with Crippen LogP contribution in [-0.4, -0.2) is 23.0 Å². The number of hydrogen-bond acceptors (Lipinski definition) is 2. The van der Waals surface area contributed by atoms with Crippen molar-refractivity contribution in [3.63, 3.8) is 0 Å². The monoisotopic (exact) mass is 260 g/mol. The van der Waals surface area contributed by atoms with E-state index in [4.69, 9.17) is 5.73 Å². The Balaban J connectivity index is 2.46. The molecule has 0 amide bonds. The molecule has 2 N–H and O–H groups in total. The number of likely N-dealkylation sites (tertiary alicyclic amines) is 1. The van der Waals surface area contributed by atoms with E-state index in [1.807, 2.05) is 0 Å². The van der Waals surface area contributed by atoms with Crippen LogP contribution in [0.5, 0.6) is 0 Å². The first kappa shape index (κ1) is 14.5. The van der Waals surface area contributed by atoms with Gasteiger partial charge in [-0.1, -0.05) is 12.1 Å². The van der Waals surface area contributed by atoms with Crippen molar-refractivity contribution < 1.29 is 0 Å². The van der Waals surface area contributed by atoms with Gasteiger partial charge in [-0.2, -0.15) is 0 Å². The molecule has 0 aliphatic carbocycles. The maximum atomic E-state index is 6.41. The summed E-state index contributed by atoms with van der Waals surface area (Å²) in [6.45, 7) is 14.6. The maximum Gasteiger partial charge on any atom is 0.0507 e. The van der Waals surface area contributed by atoms with Gasteiger partial charge in [-0.15, -0.1) is 0 Å². The normalized spacial score (nSPS) is 25.0. The van der Waals surface area contributed by atoms with Gasteiger partial charge in [0.25, 0.3) is 0 Å². The van der Waals surface area contributed by atoms with Crippen LogP contribution in [0.4, 0.5) is 0 Å². The zero-order valence-corrected chi connectivity index (χ0v) is 13.2. The highest BCUT2D eigenvalue weighted by Gasteiger charge is 2.39. The van der Waals surface area contributed by atoms with Crippen molar-refractivity contribution >= 4 is 0 Å². The lowest BCUT2D eigenvalue weighted by molar-refractivity contribution is 0.116. The summed E-state index contributed by atoms with van der Waals surface area (Å²) >= 11 is 0. The standard InChI is InChI=1S/C17H28N2/c1-11-9-13(3)14(10-12(11)2)16-15(18)7-8-19(16)17(4,5)6/h9-10,15-16H,7-8,18H2,1-6H3. The highest BCUT2D eigenvalue weighted by atomic mass is 15.3. The molecule has 2 nitrogen and oxygen atoms in total. The Morgan fingerprint density at radius 1 is 1.05 bits per heavy atom. The maximum absolute atomic E-state index is 6.41. The summed E-state index contributed by atoms with van der Waals surface area (Å²) < 4.78 is 0. The predicted octanol–water partition coefficient (Wildman–Crippen LogP) is 3.48. The molecule has 1 aromatic rings. The molecule has 2 unspecified atom stereocenters. The van der Waals surface area contributed by atoms with Gasteiger partial charge in [0.1, 0.15) is 0 Å². The van der Waals surface area contributed by atoms with Gasteiger partial charge in [0, 0.05) is 18.1 Å². The molecule has 1 fully saturated rings. The van der Waals surface area contributed by atoms with Crippen LogP contribution in [0.3, 0.4) is 0 Å². The Morgan fingerprint density at radius 3 is 2.21 bits per heavy atom. The van der Waals surface area contributed by atoms with E-state index in [1.165, 1.54) is 22.3 Å². The largest absolute Gasteiger partial charge is 0.326 e. The lowest BCUT2D eigenvalue weighted by Crippen LogP contribution is -2.43. The van der Waals surface area contributed by atoms with Crippen LogP contribution in [0, 0.1) is 20.8 Å². The average molecular weight is 260 g/mol. The van der Waals surface area contributed by atoms with E-state index in [0.29, 0.717) is 6.04 Å². The first-order chi connectivity index (χ1) is 8.71. The van der Waals surface area contributed by atoms with Crippen molar-refractivity contribution in [3.05, 3.63) is 34.4 Å². The lowest BCUT2D eigenvalue weighted by Gasteiger charge is -2.39. The number of benzene rings is 1. The van der Waals surface area contributed by atoms with Crippen LogP contribution in [0.15, 0.2) is 12.1 Å². The molecule has 2 rings (SSSR count). The van der Waals surface area contributed by atoms with Crippen LogP contribution in [0.25, 0.3) is 0 Å². The van der Waals surface area contributed by atoms with Crippen LogP contribution in [0.1, 0.15) is 55.5 Å². The molecule has 0 bridgehead atoms. The second-order valence-corrected chi connectivity index (χ2v) is 7.05. The Kier molecular flexibility index (Phi) is 3.76. The van der Waals surface area contributed by atoms with E-state index in [1.54, 1.807) is 0 Å². The Bertz CT molecular complexity index is 471. The highest BCUT2D eigenvalue weighted by molar-refractivity contribution is 5.39. The molecule has 0 spiro atoms. The molecule has 1 aliphatic rings. The van der Waals surface area contributed by atoms with Gasteiger partial charge in [0.15, 0.2) is 0 Å². The van der Waals surface area contributed by atoms with Gasteiger partial charge in [-0.25, -0.2) is 0 Å². The second kappa shape index (κ2) is 4.92. The minimum Gasteiger partial charge on any atom is -0.326 e. The number of rotatable bonds is 1. The molecule has 19 heavy (non-hydrogen) atoms. The minimum absolute atomic E-state index is 0.171. The molecule has 1 heterocycles. The first-order valence-corrected chi connectivity index (χ1v) is 7.32. The molecule has 2 atom stereocenters. The minimum atomic E-state index is 0.171. The van der Waals surface area contributed by atoms with Crippen LogP contribution in [0.2, 0.25) is 0 Å². The molecule has 1 saturated heterocycles. The van der Waals surface area contributed by atoms with Gasteiger partial charge >= 0.3 is 0 Å². The van der Waals surface area contributed by atoms with Gasteiger partial charge in [-0.3, -0.25) is 4.90 Å². The van der Waals surface area contributed by atoms with Gasteiger partial charge in [0.05, 0.1) is 6.04 Å². The molecular weight excluding hydrogens is 232 g/mol. The fourth-order valence-corrected chi connectivity index (χ4v) is 3.27. The number of nitrogens with zero attached hydrogens (tertiary/aromatic N) is 1. The fourth-order valence-electron chi connectivity index (χ4n) is 3.27. The van der Waals surface area contributed by atoms with Crippen molar-refractivity contribution in [2.24, 2.45) is 5.73 Å². The zero-order chi connectivity index (χ0) is 14.4. The molecular formula is C17H28N2. The predicted molar refractivity (Wildman–Crippen MR) is 82.4 cm³/mol. The topological polar surface area (TPSA) is 29.3 Å². The third-order valence-electron chi connectivity index (χ3n) is 4.51. The van der Waals surface area contributed by atoms with E-state index in [2.05, 4.69) is 58.6 Å². The summed E-state index contributed by atoms with van der Waals surface area (Å²) in [7, 11) is 0. The van der Waals surface area contributed by atoms with E-state index in [0.717, 1.165) is 13.0 Å². The smallest absolute Gasteiger partial charge is 0.0507 e. The van der Waals surface area contributed by atoms with Gasteiger partial charge < -0.3 is 5.73 Å². The third-order valence-corrected chi connectivity index (χ3v) is 4.51. The summed E-state index contributed by atoms with van der Waals surface area (Å²) in [6.07, 6.45) is 1.09. The average Bonchev–Trinajstić information content (AvgIpc) is 2.65. The second-order valence-electron chi connectivity index (χ2n) is 7.05. The van der Waals surface area contributed by atoms with Crippen molar-refractivity contribution in [3.8, 4) is 0 Å². The van der Waals surface area contributed by atoms with Crippen molar-refractivity contribution in [1.29, 1.82) is 0 Å². The van der Waals surface area contributed by atoms with E-state index < -0.39 is 0 Å². The molecule has 0 radical (unpaired) electrons. The third kappa shape index (κ3) is 2.70. The summed E-state index contributed by atoms with van der Waals surface area (Å²) in [4.78, 5) is 2.56. The molecule has 106 valence electrons. The zero-order valence-electron chi connectivity index (χ0n) is 13.2. The van der Waals surface area contributed by atoms with Crippen LogP contribution in [-0.2, 0) is 0 Å². The molecule has 2 heteroatoms. The Morgan fingerprint density at radius 2 is 1.63 bits per heavy atom. The first-order valence-electron chi connectivity index (χ1n) is 7.32. The van der Waals surface area contributed by atoms with Crippen molar-refractivity contribution in [2.75, 3.05) is 6.54 Å². The summed E-state index contributed by atoms with van der Waals surface area (Å²) in [5, 5.41) is 0. The molecule has 0 saturated carbocycles. The lowest BCUT2D eigenvalue weighted by atomic mass is 9.91. The number of aryl methyl sites for hydroxylation is 3. The van der Waals surface area contributed by atoms with Crippen LogP contribution >= 0.6 is 0 Å². The van der Waals surface area contributed by atoms with Crippen molar-refractivity contribution in [2.45, 2.75) is 65.6 Å². The van der Waals surface area contributed by atoms with Gasteiger partial charge in [0.2, 0.25) is 0 Å². The summed E-state index contributed by atoms with van der Waals surface area (Å²) in [5.74, 6) is 0. The fraction of sp³-hybridized carbons (Fsp3) is 0.647. The molecule has 1 aliphatic heterocycles. The highest BCUT2D eigenvalue weighted by Crippen LogP contribution is 2.38. The summed E-state index contributed by atoms with van der Waals surface area (Å²) in [6, 6.07) is 5.26. The van der Waals surface area contributed by atoms with Crippen molar-refractivity contribution in [1.82, 2.24) is 4.90 Å².